The van der Waals surface area contributed by atoms with Gasteiger partial charge in [0, 0.05) is 0 Å². The van der Waals surface area contributed by atoms with Crippen molar-refractivity contribution in [3.63, 3.8) is 0 Å². The number of thioether (sulfide) groups is 1. The molecular weight excluding hydrogens is 346 g/mol. The van der Waals surface area contributed by atoms with Gasteiger partial charge in [-0.3, -0.25) is 10.1 Å². The van der Waals surface area contributed by atoms with Crippen LogP contribution in [-0.4, -0.2) is 22.5 Å². The molecule has 0 atom stereocenters. The Morgan fingerprint density at radius 1 is 1.56 bits per heavy atom. The Labute approximate surface area is 147 Å². The van der Waals surface area contributed by atoms with Crippen molar-refractivity contribution in [3.8, 4) is 6.07 Å². The fraction of sp³-hybridized carbons (Fsp3) is 0.188. The summed E-state index contributed by atoms with van der Waals surface area (Å²) in [5.74, 6) is -0.577. The summed E-state index contributed by atoms with van der Waals surface area (Å²) < 4.78 is 9.93. The topological polar surface area (TPSA) is 119 Å². The van der Waals surface area contributed by atoms with Crippen LogP contribution in [0, 0.1) is 28.4 Å². The summed E-state index contributed by atoms with van der Waals surface area (Å²) in [6, 6.07) is 6.14. The van der Waals surface area contributed by atoms with Crippen LogP contribution in [0.15, 0.2) is 33.1 Å². The predicted octanol–water partition coefficient (Wildman–Crippen LogP) is 3.70. The van der Waals surface area contributed by atoms with Gasteiger partial charge in [0.2, 0.25) is 0 Å². The summed E-state index contributed by atoms with van der Waals surface area (Å²) in [7, 11) is 0. The molecule has 0 radical (unpaired) electrons. The Balaban J connectivity index is 2.20. The van der Waals surface area contributed by atoms with E-state index in [0.717, 1.165) is 11.8 Å². The smallest absolute Gasteiger partial charge is 0.433 e. The minimum Gasteiger partial charge on any atom is -0.462 e. The maximum atomic E-state index is 11.8. The van der Waals surface area contributed by atoms with Crippen LogP contribution in [-0.2, 0) is 4.74 Å². The number of esters is 1. The average Bonchev–Trinajstić information content (AvgIpc) is 3.04. The van der Waals surface area contributed by atoms with Crippen molar-refractivity contribution in [1.29, 1.82) is 5.26 Å². The first-order chi connectivity index (χ1) is 12.0. The molecule has 0 N–H and O–H groups in total. The molecule has 0 saturated carbocycles. The molecule has 128 valence electrons. The molecule has 0 fully saturated rings. The zero-order chi connectivity index (χ0) is 18.4. The van der Waals surface area contributed by atoms with Crippen molar-refractivity contribution in [2.45, 2.75) is 18.9 Å². The maximum absolute atomic E-state index is 11.8. The van der Waals surface area contributed by atoms with Crippen molar-refractivity contribution in [2.24, 2.45) is 0 Å². The van der Waals surface area contributed by atoms with Crippen molar-refractivity contribution >= 4 is 29.7 Å². The Morgan fingerprint density at radius 2 is 2.32 bits per heavy atom. The number of hydrogen-bond acceptors (Lipinski definition) is 8. The van der Waals surface area contributed by atoms with Crippen molar-refractivity contribution in [3.05, 3.63) is 56.3 Å². The monoisotopic (exact) mass is 359 g/mol. The molecule has 0 aliphatic rings. The molecule has 2 rings (SSSR count). The van der Waals surface area contributed by atoms with E-state index in [-0.39, 0.29) is 23.6 Å². The summed E-state index contributed by atoms with van der Waals surface area (Å²) in [5, 5.41) is 21.8. The number of carbonyl (C=O) groups is 1. The van der Waals surface area contributed by atoms with Gasteiger partial charge in [-0.1, -0.05) is 11.8 Å². The van der Waals surface area contributed by atoms with Crippen molar-refractivity contribution in [1.82, 2.24) is 4.98 Å². The third-order valence-corrected chi connectivity index (χ3v) is 3.81. The summed E-state index contributed by atoms with van der Waals surface area (Å²) in [6.45, 7) is 3.58. The van der Waals surface area contributed by atoms with Gasteiger partial charge in [0.15, 0.2) is 0 Å². The number of pyridine rings is 1. The lowest BCUT2D eigenvalue weighted by atomic mass is 10.1. The first-order valence-electron chi connectivity index (χ1n) is 7.12. The van der Waals surface area contributed by atoms with Crippen LogP contribution in [0.2, 0.25) is 0 Å². The minimum atomic E-state index is -0.628. The van der Waals surface area contributed by atoms with E-state index in [2.05, 4.69) is 4.98 Å². The molecule has 2 heterocycles. The molecule has 8 nitrogen and oxygen atoms in total. The second kappa shape index (κ2) is 8.12. The van der Waals surface area contributed by atoms with E-state index in [9.17, 15) is 20.2 Å². The highest BCUT2D eigenvalue weighted by Crippen LogP contribution is 2.26. The Kier molecular flexibility index (Phi) is 5.92. The Morgan fingerprint density at radius 3 is 2.92 bits per heavy atom. The summed E-state index contributed by atoms with van der Waals surface area (Å²) in [6.07, 6.45) is 1.52. The van der Waals surface area contributed by atoms with Crippen LogP contribution in [0.25, 0.3) is 6.08 Å². The molecule has 0 unspecified atom stereocenters. The van der Waals surface area contributed by atoms with Gasteiger partial charge < -0.3 is 9.15 Å². The molecule has 2 aromatic heterocycles. The Bertz CT molecular complexity index is 882. The number of carbonyl (C=O) groups excluding carboxylic acids is 1. The molecule has 0 aliphatic carbocycles. The number of aryl methyl sites for hydroxylation is 1. The fourth-order valence-corrected chi connectivity index (χ4v) is 2.62. The summed E-state index contributed by atoms with van der Waals surface area (Å²) >= 11 is 1.14. The predicted molar refractivity (Wildman–Crippen MR) is 89.9 cm³/mol. The molecule has 0 amide bonds. The SMILES string of the molecule is CCOC(=O)c1cc(C#N)c(S/C=C/c2ccc([N+](=O)[O-])o2)nc1C. The van der Waals surface area contributed by atoms with Crippen LogP contribution in [0.5, 0.6) is 0 Å². The first kappa shape index (κ1) is 18.2. The minimum absolute atomic E-state index is 0.230. The van der Waals surface area contributed by atoms with Gasteiger partial charge in [-0.05, 0) is 37.5 Å². The van der Waals surface area contributed by atoms with E-state index >= 15 is 0 Å². The third kappa shape index (κ3) is 4.45. The molecule has 0 aromatic carbocycles. The fourth-order valence-electron chi connectivity index (χ4n) is 1.86. The van der Waals surface area contributed by atoms with E-state index in [0.29, 0.717) is 16.5 Å². The highest BCUT2D eigenvalue weighted by atomic mass is 32.2. The van der Waals surface area contributed by atoms with E-state index in [4.69, 9.17) is 9.15 Å². The quantitative estimate of drug-likeness (QED) is 0.331. The Hall–Kier alpha value is -3.12. The van der Waals surface area contributed by atoms with E-state index in [1.54, 1.807) is 19.3 Å². The van der Waals surface area contributed by atoms with Crippen LogP contribution in [0.4, 0.5) is 5.88 Å². The van der Waals surface area contributed by atoms with Gasteiger partial charge in [-0.25, -0.2) is 9.78 Å². The lowest BCUT2D eigenvalue weighted by molar-refractivity contribution is -0.402. The largest absolute Gasteiger partial charge is 0.462 e. The van der Waals surface area contributed by atoms with Gasteiger partial charge in [0.1, 0.15) is 21.8 Å². The number of nitriles is 1. The second-order valence-electron chi connectivity index (χ2n) is 4.66. The van der Waals surface area contributed by atoms with Crippen molar-refractivity contribution < 1.29 is 18.9 Å². The normalized spacial score (nSPS) is 10.6. The molecule has 0 aliphatic heterocycles. The molecule has 0 spiro atoms. The van der Waals surface area contributed by atoms with Crippen LogP contribution in [0.1, 0.15) is 34.3 Å². The van der Waals surface area contributed by atoms with E-state index in [1.807, 2.05) is 6.07 Å². The third-order valence-electron chi connectivity index (χ3n) is 3.00. The zero-order valence-electron chi connectivity index (χ0n) is 13.4. The van der Waals surface area contributed by atoms with E-state index < -0.39 is 10.9 Å². The molecular formula is C16H13N3O5S. The summed E-state index contributed by atoms with van der Waals surface area (Å²) in [4.78, 5) is 26.0. The van der Waals surface area contributed by atoms with E-state index in [1.165, 1.54) is 24.3 Å². The average molecular weight is 359 g/mol. The molecule has 25 heavy (non-hydrogen) atoms. The molecule has 0 bridgehead atoms. The number of aromatic nitrogens is 1. The van der Waals surface area contributed by atoms with Gasteiger partial charge in [0.05, 0.1) is 29.5 Å². The second-order valence-corrected chi connectivity index (χ2v) is 5.55. The van der Waals surface area contributed by atoms with Crippen LogP contribution < -0.4 is 0 Å². The number of rotatable bonds is 6. The first-order valence-corrected chi connectivity index (χ1v) is 8.00. The number of nitrogens with zero attached hydrogens (tertiary/aromatic N) is 3. The van der Waals surface area contributed by atoms with Crippen LogP contribution >= 0.6 is 11.8 Å². The lowest BCUT2D eigenvalue weighted by Crippen LogP contribution is -2.09. The lowest BCUT2D eigenvalue weighted by Gasteiger charge is -2.07. The van der Waals surface area contributed by atoms with Gasteiger partial charge in [0.25, 0.3) is 0 Å². The number of nitro groups is 1. The summed E-state index contributed by atoms with van der Waals surface area (Å²) in [5.41, 5.74) is 0.920. The molecule has 0 saturated heterocycles. The number of hydrogen-bond donors (Lipinski definition) is 0. The number of furan rings is 1. The van der Waals surface area contributed by atoms with Gasteiger partial charge in [-0.15, -0.1) is 0 Å². The standard InChI is InChI=1S/C16H13N3O5S/c1-3-23-16(20)13-8-11(9-17)15(18-10(13)2)25-7-6-12-4-5-14(24-12)19(21)22/h4-8H,3H2,1-2H3/b7-6+. The molecule has 9 heteroatoms. The highest BCUT2D eigenvalue weighted by molar-refractivity contribution is 8.02. The molecule has 2 aromatic rings. The van der Waals surface area contributed by atoms with Crippen LogP contribution in [0.3, 0.4) is 0 Å². The number of ether oxygens (including phenoxy) is 1. The maximum Gasteiger partial charge on any atom is 0.433 e. The van der Waals surface area contributed by atoms with Crippen molar-refractivity contribution in [2.75, 3.05) is 6.61 Å². The van der Waals surface area contributed by atoms with Gasteiger partial charge in [-0.2, -0.15) is 5.26 Å². The highest BCUT2D eigenvalue weighted by Gasteiger charge is 2.16. The zero-order valence-corrected chi connectivity index (χ0v) is 14.2. The van der Waals surface area contributed by atoms with Gasteiger partial charge >= 0.3 is 11.9 Å².